The number of carbonyl (C=O) groups is 1. The van der Waals surface area contributed by atoms with Gasteiger partial charge in [0.2, 0.25) is 5.91 Å². The highest BCUT2D eigenvalue weighted by molar-refractivity contribution is 5.79. The number of carbonyl (C=O) groups excluding carboxylic acids is 1. The molecule has 0 aliphatic carbocycles. The zero-order valence-electron chi connectivity index (χ0n) is 7.42. The second-order valence-electron chi connectivity index (χ2n) is 4.00. The summed E-state index contributed by atoms with van der Waals surface area (Å²) < 4.78 is 0. The van der Waals surface area contributed by atoms with Gasteiger partial charge >= 0.3 is 0 Å². The smallest absolute Gasteiger partial charge is 0.225 e. The van der Waals surface area contributed by atoms with E-state index >= 15 is 0 Å². The number of rotatable bonds is 1. The summed E-state index contributed by atoms with van der Waals surface area (Å²) >= 11 is 0. The predicted molar refractivity (Wildman–Crippen MR) is 44.0 cm³/mol. The normalized spacial score (nSPS) is 21.7. The Kier molecular flexibility index (Phi) is 1.92. The van der Waals surface area contributed by atoms with Crippen molar-refractivity contribution in [2.24, 2.45) is 11.7 Å². The number of nitrogens with two attached hydrogens (primary N) is 1. The molecule has 1 heterocycles. The maximum atomic E-state index is 11.3. The van der Waals surface area contributed by atoms with E-state index in [2.05, 4.69) is 0 Å². The van der Waals surface area contributed by atoms with Crippen LogP contribution in [0.2, 0.25) is 0 Å². The number of likely N-dealkylation sites (tertiary alicyclic amines) is 1. The number of hydrogen-bond acceptors (Lipinski definition) is 2. The molecule has 0 aromatic heterocycles. The molecular formula is C8H16N2O. The van der Waals surface area contributed by atoms with E-state index in [-0.39, 0.29) is 17.4 Å². The van der Waals surface area contributed by atoms with Crippen LogP contribution in [0.3, 0.4) is 0 Å². The van der Waals surface area contributed by atoms with Crippen LogP contribution in [0.15, 0.2) is 0 Å². The van der Waals surface area contributed by atoms with Gasteiger partial charge in [-0.3, -0.25) is 4.79 Å². The molecule has 1 aliphatic heterocycles. The Bertz CT molecular complexity index is 167. The van der Waals surface area contributed by atoms with Crippen LogP contribution in [0.25, 0.3) is 0 Å². The number of amides is 1. The Morgan fingerprint density at radius 1 is 1.55 bits per heavy atom. The highest BCUT2D eigenvalue weighted by Gasteiger charge is 2.38. The molecule has 0 spiro atoms. The van der Waals surface area contributed by atoms with E-state index in [1.165, 1.54) is 0 Å². The Morgan fingerprint density at radius 3 is 2.27 bits per heavy atom. The lowest BCUT2D eigenvalue weighted by molar-refractivity contribution is -0.141. The summed E-state index contributed by atoms with van der Waals surface area (Å²) in [5.41, 5.74) is 5.62. The summed E-state index contributed by atoms with van der Waals surface area (Å²) in [6.45, 7) is 7.22. The molecule has 3 nitrogen and oxygen atoms in total. The average molecular weight is 156 g/mol. The van der Waals surface area contributed by atoms with Crippen molar-refractivity contribution in [2.75, 3.05) is 13.1 Å². The van der Waals surface area contributed by atoms with Crippen LogP contribution in [0, 0.1) is 5.92 Å². The summed E-state index contributed by atoms with van der Waals surface area (Å²) in [5, 5.41) is 0. The highest BCUT2D eigenvalue weighted by Crippen LogP contribution is 2.19. The SMILES string of the molecule is CC(C)C(=O)N1CC(C)(N)C1. The Labute approximate surface area is 67.5 Å². The molecule has 3 heteroatoms. The molecule has 0 saturated carbocycles. The molecule has 0 bridgehead atoms. The van der Waals surface area contributed by atoms with Gasteiger partial charge in [0.15, 0.2) is 0 Å². The standard InChI is InChI=1S/C8H16N2O/c1-6(2)7(11)10-4-8(3,9)5-10/h6H,4-5,9H2,1-3H3. The number of hydrogen-bond donors (Lipinski definition) is 1. The first-order valence-corrected chi connectivity index (χ1v) is 4.00. The Hall–Kier alpha value is -0.570. The Morgan fingerprint density at radius 2 is 2.00 bits per heavy atom. The Balaban J connectivity index is 2.38. The molecule has 1 aliphatic rings. The van der Waals surface area contributed by atoms with Crippen LogP contribution in [0.4, 0.5) is 0 Å². The average Bonchev–Trinajstić information content (AvgIpc) is 1.80. The van der Waals surface area contributed by atoms with Crippen LogP contribution in [0.1, 0.15) is 20.8 Å². The van der Waals surface area contributed by atoms with Crippen LogP contribution in [-0.4, -0.2) is 29.4 Å². The minimum atomic E-state index is -0.134. The maximum absolute atomic E-state index is 11.3. The van der Waals surface area contributed by atoms with Crippen molar-refractivity contribution in [3.05, 3.63) is 0 Å². The molecule has 0 radical (unpaired) electrons. The minimum absolute atomic E-state index is 0.103. The van der Waals surface area contributed by atoms with Crippen LogP contribution in [-0.2, 0) is 4.79 Å². The molecular weight excluding hydrogens is 140 g/mol. The third-order valence-electron chi connectivity index (χ3n) is 1.91. The zero-order valence-corrected chi connectivity index (χ0v) is 7.42. The molecule has 1 amide bonds. The van der Waals surface area contributed by atoms with E-state index in [0.717, 1.165) is 0 Å². The van der Waals surface area contributed by atoms with E-state index in [0.29, 0.717) is 13.1 Å². The monoisotopic (exact) mass is 156 g/mol. The predicted octanol–water partition coefficient (Wildman–Crippen LogP) is 0.202. The molecule has 2 N–H and O–H groups in total. The van der Waals surface area contributed by atoms with Crippen molar-refractivity contribution in [2.45, 2.75) is 26.3 Å². The second-order valence-corrected chi connectivity index (χ2v) is 4.00. The summed E-state index contributed by atoms with van der Waals surface area (Å²) in [6, 6.07) is 0. The molecule has 0 aromatic carbocycles. The van der Waals surface area contributed by atoms with Gasteiger partial charge in [-0.1, -0.05) is 13.8 Å². The molecule has 0 unspecified atom stereocenters. The van der Waals surface area contributed by atoms with E-state index in [1.54, 1.807) is 0 Å². The van der Waals surface area contributed by atoms with Gasteiger partial charge in [0.25, 0.3) is 0 Å². The number of nitrogens with zero attached hydrogens (tertiary/aromatic N) is 1. The quantitative estimate of drug-likeness (QED) is 0.589. The summed E-state index contributed by atoms with van der Waals surface area (Å²) in [6.07, 6.45) is 0. The lowest BCUT2D eigenvalue weighted by Crippen LogP contribution is -2.67. The third kappa shape index (κ3) is 1.71. The maximum Gasteiger partial charge on any atom is 0.225 e. The fraction of sp³-hybridized carbons (Fsp3) is 0.875. The van der Waals surface area contributed by atoms with Crippen molar-refractivity contribution >= 4 is 5.91 Å². The second kappa shape index (κ2) is 2.48. The molecule has 0 aromatic rings. The largest absolute Gasteiger partial charge is 0.339 e. The van der Waals surface area contributed by atoms with Crippen molar-refractivity contribution in [3.63, 3.8) is 0 Å². The van der Waals surface area contributed by atoms with E-state index in [9.17, 15) is 4.79 Å². The third-order valence-corrected chi connectivity index (χ3v) is 1.91. The van der Waals surface area contributed by atoms with Crippen molar-refractivity contribution < 1.29 is 4.79 Å². The molecule has 64 valence electrons. The molecule has 1 saturated heterocycles. The van der Waals surface area contributed by atoms with E-state index < -0.39 is 0 Å². The highest BCUT2D eigenvalue weighted by atomic mass is 16.2. The van der Waals surface area contributed by atoms with Gasteiger partial charge in [-0.05, 0) is 6.92 Å². The first-order valence-electron chi connectivity index (χ1n) is 4.00. The van der Waals surface area contributed by atoms with Gasteiger partial charge in [0, 0.05) is 24.5 Å². The van der Waals surface area contributed by atoms with Gasteiger partial charge in [0.1, 0.15) is 0 Å². The fourth-order valence-corrected chi connectivity index (χ4v) is 1.35. The van der Waals surface area contributed by atoms with Gasteiger partial charge in [-0.25, -0.2) is 0 Å². The topological polar surface area (TPSA) is 46.3 Å². The van der Waals surface area contributed by atoms with Crippen molar-refractivity contribution in [1.29, 1.82) is 0 Å². The minimum Gasteiger partial charge on any atom is -0.339 e. The summed E-state index contributed by atoms with van der Waals surface area (Å²) in [7, 11) is 0. The first kappa shape index (κ1) is 8.53. The summed E-state index contributed by atoms with van der Waals surface area (Å²) in [5.74, 6) is 0.319. The van der Waals surface area contributed by atoms with E-state index in [4.69, 9.17) is 5.73 Å². The van der Waals surface area contributed by atoms with Crippen LogP contribution < -0.4 is 5.73 Å². The van der Waals surface area contributed by atoms with Crippen LogP contribution in [0.5, 0.6) is 0 Å². The summed E-state index contributed by atoms with van der Waals surface area (Å²) in [4.78, 5) is 13.1. The van der Waals surface area contributed by atoms with Gasteiger partial charge in [0.05, 0.1) is 0 Å². The molecule has 1 fully saturated rings. The lowest BCUT2D eigenvalue weighted by Gasteiger charge is -2.46. The molecule has 11 heavy (non-hydrogen) atoms. The van der Waals surface area contributed by atoms with Gasteiger partial charge < -0.3 is 10.6 Å². The van der Waals surface area contributed by atoms with E-state index in [1.807, 2.05) is 25.7 Å². The van der Waals surface area contributed by atoms with Crippen molar-refractivity contribution in [3.8, 4) is 0 Å². The van der Waals surface area contributed by atoms with Crippen molar-refractivity contribution in [1.82, 2.24) is 4.90 Å². The first-order chi connectivity index (χ1) is 4.92. The fourth-order valence-electron chi connectivity index (χ4n) is 1.35. The van der Waals surface area contributed by atoms with Gasteiger partial charge in [-0.15, -0.1) is 0 Å². The zero-order chi connectivity index (χ0) is 8.65. The molecule has 1 rings (SSSR count). The lowest BCUT2D eigenvalue weighted by atomic mass is 9.92. The van der Waals surface area contributed by atoms with Gasteiger partial charge in [-0.2, -0.15) is 0 Å². The van der Waals surface area contributed by atoms with Crippen LogP contribution >= 0.6 is 0 Å². The molecule has 0 atom stereocenters.